The normalized spacial score (nSPS) is 12.8. The highest BCUT2D eigenvalue weighted by Gasteiger charge is 2.14. The smallest absolute Gasteiger partial charge is 0.133 e. The van der Waals surface area contributed by atoms with Gasteiger partial charge in [-0.25, -0.2) is 4.39 Å². The zero-order chi connectivity index (χ0) is 12.0. The molecule has 4 heteroatoms. The van der Waals surface area contributed by atoms with Crippen LogP contribution in [0.15, 0.2) is 18.2 Å². The lowest BCUT2D eigenvalue weighted by atomic mass is 10.2. The molecule has 2 N–H and O–H groups in total. The summed E-state index contributed by atoms with van der Waals surface area (Å²) < 4.78 is 13.5. The van der Waals surface area contributed by atoms with Crippen molar-refractivity contribution < 1.29 is 14.4 Å². The van der Waals surface area contributed by atoms with Gasteiger partial charge in [0.15, 0.2) is 0 Å². The second kappa shape index (κ2) is 6.84. The Bertz CT molecular complexity index is 307. The Hall–Kier alpha value is -0.640. The predicted molar refractivity (Wildman–Crippen MR) is 63.2 cm³/mol. The van der Waals surface area contributed by atoms with Gasteiger partial charge in [0.05, 0.1) is 23.7 Å². The van der Waals surface area contributed by atoms with Crippen LogP contribution in [-0.4, -0.2) is 24.8 Å². The van der Waals surface area contributed by atoms with Crippen LogP contribution in [0.1, 0.15) is 18.9 Å². The molecule has 0 radical (unpaired) electrons. The Balaban J connectivity index is 2.76. The SMILES string of the molecule is CCC[NH+](CCO)Cc1c(F)cccc1Cl. The molecule has 2 nitrogen and oxygen atoms in total. The molecule has 1 aromatic rings. The molecule has 0 fully saturated rings. The molecular formula is C12H18ClFNO+. The highest BCUT2D eigenvalue weighted by molar-refractivity contribution is 6.31. The maximum atomic E-state index is 13.5. The predicted octanol–water partition coefficient (Wildman–Crippen LogP) is 1.27. The summed E-state index contributed by atoms with van der Waals surface area (Å²) in [5, 5.41) is 9.40. The van der Waals surface area contributed by atoms with Crippen molar-refractivity contribution in [3.8, 4) is 0 Å². The fourth-order valence-electron chi connectivity index (χ4n) is 1.76. The highest BCUT2D eigenvalue weighted by atomic mass is 35.5. The van der Waals surface area contributed by atoms with Crippen molar-refractivity contribution >= 4 is 11.6 Å². The lowest BCUT2D eigenvalue weighted by molar-refractivity contribution is -0.914. The maximum absolute atomic E-state index is 13.5. The minimum atomic E-state index is -0.265. The van der Waals surface area contributed by atoms with Gasteiger partial charge < -0.3 is 10.0 Å². The van der Waals surface area contributed by atoms with E-state index in [1.807, 2.05) is 0 Å². The Morgan fingerprint density at radius 3 is 2.69 bits per heavy atom. The van der Waals surface area contributed by atoms with E-state index < -0.39 is 0 Å². The van der Waals surface area contributed by atoms with Gasteiger partial charge in [-0.3, -0.25) is 0 Å². The number of hydrogen-bond acceptors (Lipinski definition) is 1. The zero-order valence-electron chi connectivity index (χ0n) is 9.47. The molecule has 0 aromatic heterocycles. The van der Waals surface area contributed by atoms with Crippen LogP contribution in [0.4, 0.5) is 4.39 Å². The minimum Gasteiger partial charge on any atom is -0.391 e. The highest BCUT2D eigenvalue weighted by Crippen LogP contribution is 2.17. The summed E-state index contributed by atoms with van der Waals surface area (Å²) in [6, 6.07) is 4.72. The number of aliphatic hydroxyl groups is 1. The molecule has 1 unspecified atom stereocenters. The summed E-state index contributed by atoms with van der Waals surface area (Å²) in [5.74, 6) is -0.265. The second-order valence-corrected chi connectivity index (χ2v) is 4.26. The second-order valence-electron chi connectivity index (χ2n) is 3.85. The molecule has 0 saturated carbocycles. The summed E-state index contributed by atoms with van der Waals surface area (Å²) in [6.45, 7) is 4.24. The topological polar surface area (TPSA) is 24.7 Å². The first-order valence-electron chi connectivity index (χ1n) is 5.56. The quantitative estimate of drug-likeness (QED) is 0.776. The van der Waals surface area contributed by atoms with Crippen LogP contribution < -0.4 is 4.90 Å². The molecule has 1 rings (SSSR count). The van der Waals surface area contributed by atoms with Crippen molar-refractivity contribution in [3.63, 3.8) is 0 Å². The van der Waals surface area contributed by atoms with E-state index in [9.17, 15) is 4.39 Å². The fraction of sp³-hybridized carbons (Fsp3) is 0.500. The van der Waals surface area contributed by atoms with Gasteiger partial charge in [-0.05, 0) is 18.6 Å². The number of quaternary nitrogens is 1. The molecule has 0 saturated heterocycles. The summed E-state index contributed by atoms with van der Waals surface area (Å²) in [6.07, 6.45) is 1.00. The Morgan fingerprint density at radius 2 is 2.12 bits per heavy atom. The molecule has 0 aliphatic rings. The lowest BCUT2D eigenvalue weighted by Gasteiger charge is -2.18. The summed E-state index contributed by atoms with van der Waals surface area (Å²) in [7, 11) is 0. The summed E-state index contributed by atoms with van der Waals surface area (Å²) in [4.78, 5) is 1.15. The average molecular weight is 247 g/mol. The van der Waals surface area contributed by atoms with Gasteiger partial charge in [0.1, 0.15) is 18.9 Å². The molecule has 0 heterocycles. The van der Waals surface area contributed by atoms with Gasteiger partial charge in [-0.1, -0.05) is 24.6 Å². The molecular weight excluding hydrogens is 229 g/mol. The molecule has 0 aliphatic carbocycles. The van der Waals surface area contributed by atoms with Gasteiger partial charge in [0.2, 0.25) is 0 Å². The zero-order valence-corrected chi connectivity index (χ0v) is 10.2. The fourth-order valence-corrected chi connectivity index (χ4v) is 1.99. The molecule has 0 aliphatic heterocycles. The van der Waals surface area contributed by atoms with Gasteiger partial charge >= 0.3 is 0 Å². The number of aliphatic hydroxyl groups excluding tert-OH is 1. The molecule has 1 atom stereocenters. The first-order chi connectivity index (χ1) is 7.69. The van der Waals surface area contributed by atoms with Gasteiger partial charge in [0.25, 0.3) is 0 Å². The van der Waals surface area contributed by atoms with Crippen molar-refractivity contribution in [2.75, 3.05) is 19.7 Å². The van der Waals surface area contributed by atoms with E-state index >= 15 is 0 Å². The summed E-state index contributed by atoms with van der Waals surface area (Å²) >= 11 is 5.96. The van der Waals surface area contributed by atoms with E-state index in [2.05, 4.69) is 6.92 Å². The van der Waals surface area contributed by atoms with Crippen LogP contribution in [0.25, 0.3) is 0 Å². The van der Waals surface area contributed by atoms with Gasteiger partial charge in [0, 0.05) is 0 Å². The van der Waals surface area contributed by atoms with E-state index in [0.29, 0.717) is 23.7 Å². The average Bonchev–Trinajstić information content (AvgIpc) is 2.24. The maximum Gasteiger partial charge on any atom is 0.133 e. The van der Waals surface area contributed by atoms with E-state index in [-0.39, 0.29) is 12.4 Å². The van der Waals surface area contributed by atoms with Crippen molar-refractivity contribution in [1.29, 1.82) is 0 Å². The number of halogens is 2. The van der Waals surface area contributed by atoms with Crippen LogP contribution in [0.3, 0.4) is 0 Å². The Labute approximate surface area is 101 Å². The van der Waals surface area contributed by atoms with E-state index in [0.717, 1.165) is 17.9 Å². The van der Waals surface area contributed by atoms with Crippen LogP contribution in [0, 0.1) is 5.82 Å². The molecule has 90 valence electrons. The third-order valence-corrected chi connectivity index (χ3v) is 2.91. The van der Waals surface area contributed by atoms with Crippen LogP contribution >= 0.6 is 11.6 Å². The van der Waals surface area contributed by atoms with Gasteiger partial charge in [-0.2, -0.15) is 0 Å². The number of rotatable bonds is 6. The molecule has 0 bridgehead atoms. The largest absolute Gasteiger partial charge is 0.391 e. The summed E-state index contributed by atoms with van der Waals surface area (Å²) in [5.41, 5.74) is 0.543. The van der Waals surface area contributed by atoms with E-state index in [1.165, 1.54) is 6.07 Å². The Morgan fingerprint density at radius 1 is 1.38 bits per heavy atom. The Kier molecular flexibility index (Phi) is 5.74. The minimum absolute atomic E-state index is 0.113. The molecule has 0 spiro atoms. The van der Waals surface area contributed by atoms with Crippen molar-refractivity contribution in [1.82, 2.24) is 0 Å². The van der Waals surface area contributed by atoms with E-state index in [4.69, 9.17) is 16.7 Å². The first kappa shape index (κ1) is 13.4. The third-order valence-electron chi connectivity index (χ3n) is 2.56. The monoisotopic (exact) mass is 246 g/mol. The van der Waals surface area contributed by atoms with Crippen molar-refractivity contribution in [3.05, 3.63) is 34.6 Å². The van der Waals surface area contributed by atoms with Gasteiger partial charge in [-0.15, -0.1) is 0 Å². The number of hydrogen-bond donors (Lipinski definition) is 2. The number of nitrogens with one attached hydrogen (secondary N) is 1. The molecule has 16 heavy (non-hydrogen) atoms. The van der Waals surface area contributed by atoms with Crippen LogP contribution in [0.5, 0.6) is 0 Å². The molecule has 0 amide bonds. The van der Waals surface area contributed by atoms with E-state index in [1.54, 1.807) is 12.1 Å². The number of benzene rings is 1. The standard InChI is InChI=1S/C12H17ClFNO/c1-2-6-15(7-8-16)9-10-11(13)4-3-5-12(10)14/h3-5,16H,2,6-9H2,1H3/p+1. The third kappa shape index (κ3) is 3.74. The lowest BCUT2D eigenvalue weighted by Crippen LogP contribution is -3.11. The van der Waals surface area contributed by atoms with Crippen LogP contribution in [-0.2, 0) is 6.54 Å². The van der Waals surface area contributed by atoms with Crippen LogP contribution in [0.2, 0.25) is 5.02 Å². The molecule has 1 aromatic carbocycles. The van der Waals surface area contributed by atoms with Crippen molar-refractivity contribution in [2.24, 2.45) is 0 Å². The van der Waals surface area contributed by atoms with Crippen molar-refractivity contribution in [2.45, 2.75) is 19.9 Å². The first-order valence-corrected chi connectivity index (χ1v) is 5.94.